The van der Waals surface area contributed by atoms with E-state index in [2.05, 4.69) is 4.74 Å². The molecule has 1 aliphatic heterocycles. The summed E-state index contributed by atoms with van der Waals surface area (Å²) in [6.45, 7) is 7.83. The van der Waals surface area contributed by atoms with Gasteiger partial charge in [0.05, 0.1) is 19.3 Å². The van der Waals surface area contributed by atoms with Crippen LogP contribution in [0.25, 0.3) is 0 Å². The Balaban J connectivity index is 1.63. The van der Waals surface area contributed by atoms with E-state index in [0.29, 0.717) is 18.1 Å². The van der Waals surface area contributed by atoms with Gasteiger partial charge in [-0.25, -0.2) is 9.59 Å². The number of rotatable bonds is 6. The van der Waals surface area contributed by atoms with Gasteiger partial charge < -0.3 is 19.1 Å². The number of hydrogen-bond donors (Lipinski definition) is 0. The average molecular weight is 377 g/mol. The topological polar surface area (TPSA) is 65.1 Å². The van der Waals surface area contributed by atoms with Crippen LogP contribution in [0.3, 0.4) is 0 Å². The molecule has 0 saturated carbocycles. The summed E-state index contributed by atoms with van der Waals surface area (Å²) in [5.74, 6) is 1.02. The Kier molecular flexibility index (Phi) is 7.51. The van der Waals surface area contributed by atoms with Gasteiger partial charge in [-0.05, 0) is 76.6 Å². The number of piperidine rings is 1. The van der Waals surface area contributed by atoms with Crippen LogP contribution in [0, 0.1) is 5.92 Å². The van der Waals surface area contributed by atoms with Crippen LogP contribution in [-0.2, 0) is 9.47 Å². The number of amides is 1. The second-order valence-electron chi connectivity index (χ2n) is 7.92. The lowest BCUT2D eigenvalue weighted by molar-refractivity contribution is 0.0179. The Hall–Kier alpha value is -2.24. The van der Waals surface area contributed by atoms with Crippen LogP contribution in [0.15, 0.2) is 24.3 Å². The SMILES string of the molecule is COC(=O)c1ccc(OCCCC2CCN(C(=O)OC(C)(C)C)CC2)cc1. The molecule has 6 nitrogen and oxygen atoms in total. The zero-order valence-corrected chi connectivity index (χ0v) is 16.8. The molecule has 1 heterocycles. The Bertz CT molecular complexity index is 612. The second-order valence-corrected chi connectivity index (χ2v) is 7.92. The van der Waals surface area contributed by atoms with Gasteiger partial charge in [-0.1, -0.05) is 0 Å². The molecule has 1 aromatic carbocycles. The molecule has 27 heavy (non-hydrogen) atoms. The molecular weight excluding hydrogens is 346 g/mol. The summed E-state index contributed by atoms with van der Waals surface area (Å²) >= 11 is 0. The minimum Gasteiger partial charge on any atom is -0.494 e. The number of esters is 1. The first-order valence-electron chi connectivity index (χ1n) is 9.57. The van der Waals surface area contributed by atoms with Gasteiger partial charge in [0, 0.05) is 13.1 Å². The molecule has 0 aromatic heterocycles. The summed E-state index contributed by atoms with van der Waals surface area (Å²) in [4.78, 5) is 25.3. The standard InChI is InChI=1S/C21H31NO5/c1-21(2,3)27-20(24)22-13-11-16(12-14-22)6-5-15-26-18-9-7-17(8-10-18)19(23)25-4/h7-10,16H,5-6,11-15H2,1-4H3. The van der Waals surface area contributed by atoms with Crippen LogP contribution < -0.4 is 4.74 Å². The predicted octanol–water partition coefficient (Wildman–Crippen LogP) is 4.28. The minimum absolute atomic E-state index is 0.209. The summed E-state index contributed by atoms with van der Waals surface area (Å²) in [7, 11) is 1.37. The first-order valence-corrected chi connectivity index (χ1v) is 9.57. The molecule has 0 atom stereocenters. The molecular formula is C21H31NO5. The van der Waals surface area contributed by atoms with Gasteiger partial charge in [0.2, 0.25) is 0 Å². The number of methoxy groups -OCH3 is 1. The average Bonchev–Trinajstić information content (AvgIpc) is 2.64. The summed E-state index contributed by atoms with van der Waals surface area (Å²) in [6, 6.07) is 6.97. The smallest absolute Gasteiger partial charge is 0.410 e. The molecule has 0 bridgehead atoms. The van der Waals surface area contributed by atoms with Gasteiger partial charge in [-0.15, -0.1) is 0 Å². The van der Waals surface area contributed by atoms with Crippen molar-refractivity contribution < 1.29 is 23.8 Å². The molecule has 1 amide bonds. The van der Waals surface area contributed by atoms with Gasteiger partial charge in [-0.2, -0.15) is 0 Å². The van der Waals surface area contributed by atoms with Gasteiger partial charge in [0.1, 0.15) is 11.4 Å². The van der Waals surface area contributed by atoms with Crippen molar-refractivity contribution in [2.24, 2.45) is 5.92 Å². The molecule has 0 aliphatic carbocycles. The third-order valence-corrected chi connectivity index (χ3v) is 4.57. The highest BCUT2D eigenvalue weighted by Crippen LogP contribution is 2.23. The molecule has 6 heteroatoms. The molecule has 0 unspecified atom stereocenters. The first-order chi connectivity index (χ1) is 12.8. The van der Waals surface area contributed by atoms with Crippen LogP contribution in [0.1, 0.15) is 56.8 Å². The normalized spacial score (nSPS) is 15.3. The molecule has 0 N–H and O–H groups in total. The lowest BCUT2D eigenvalue weighted by Gasteiger charge is -2.33. The third kappa shape index (κ3) is 7.12. The first kappa shape index (κ1) is 21.1. The maximum atomic E-state index is 12.1. The van der Waals surface area contributed by atoms with Crippen molar-refractivity contribution in [2.45, 2.75) is 52.1 Å². The maximum Gasteiger partial charge on any atom is 0.410 e. The van der Waals surface area contributed by atoms with Crippen molar-refractivity contribution in [3.63, 3.8) is 0 Å². The molecule has 1 saturated heterocycles. The van der Waals surface area contributed by atoms with Gasteiger partial charge in [-0.3, -0.25) is 0 Å². The van der Waals surface area contributed by atoms with Crippen LogP contribution in [-0.4, -0.2) is 49.4 Å². The Morgan fingerprint density at radius 1 is 1.11 bits per heavy atom. The van der Waals surface area contributed by atoms with E-state index in [1.165, 1.54) is 7.11 Å². The van der Waals surface area contributed by atoms with Crippen molar-refractivity contribution in [3.8, 4) is 5.75 Å². The lowest BCUT2D eigenvalue weighted by Crippen LogP contribution is -2.41. The molecule has 150 valence electrons. The molecule has 1 aromatic rings. The quantitative estimate of drug-likeness (QED) is 0.547. The van der Waals surface area contributed by atoms with Crippen LogP contribution in [0.5, 0.6) is 5.75 Å². The molecule has 1 fully saturated rings. The van der Waals surface area contributed by atoms with Crippen LogP contribution in [0.4, 0.5) is 4.79 Å². The van der Waals surface area contributed by atoms with E-state index in [1.54, 1.807) is 29.2 Å². The summed E-state index contributed by atoms with van der Waals surface area (Å²) in [5, 5.41) is 0. The molecule has 0 radical (unpaired) electrons. The highest BCUT2D eigenvalue weighted by molar-refractivity contribution is 5.89. The van der Waals surface area contributed by atoms with Crippen molar-refractivity contribution in [1.82, 2.24) is 4.90 Å². The number of carbonyl (C=O) groups excluding carboxylic acids is 2. The van der Waals surface area contributed by atoms with Gasteiger partial charge >= 0.3 is 12.1 Å². The lowest BCUT2D eigenvalue weighted by atomic mass is 9.92. The minimum atomic E-state index is -0.444. The summed E-state index contributed by atoms with van der Waals surface area (Å²) in [5.41, 5.74) is 0.0712. The number of benzene rings is 1. The predicted molar refractivity (Wildman–Crippen MR) is 103 cm³/mol. The maximum absolute atomic E-state index is 12.1. The fourth-order valence-electron chi connectivity index (χ4n) is 3.10. The van der Waals surface area contributed by atoms with Crippen LogP contribution >= 0.6 is 0 Å². The zero-order valence-electron chi connectivity index (χ0n) is 16.8. The number of carbonyl (C=O) groups is 2. The monoisotopic (exact) mass is 377 g/mol. The third-order valence-electron chi connectivity index (χ3n) is 4.57. The van der Waals surface area contributed by atoms with E-state index in [9.17, 15) is 9.59 Å². The number of ether oxygens (including phenoxy) is 3. The van der Waals surface area contributed by atoms with E-state index >= 15 is 0 Å². The highest BCUT2D eigenvalue weighted by atomic mass is 16.6. The van der Waals surface area contributed by atoms with Crippen molar-refractivity contribution >= 4 is 12.1 Å². The van der Waals surface area contributed by atoms with Crippen molar-refractivity contribution in [1.29, 1.82) is 0 Å². The molecule has 0 spiro atoms. The van der Waals surface area contributed by atoms with Crippen LogP contribution in [0.2, 0.25) is 0 Å². The Morgan fingerprint density at radius 2 is 1.74 bits per heavy atom. The summed E-state index contributed by atoms with van der Waals surface area (Å²) in [6.07, 6.45) is 3.86. The fraction of sp³-hybridized carbons (Fsp3) is 0.619. The van der Waals surface area contributed by atoms with Crippen molar-refractivity contribution in [2.75, 3.05) is 26.8 Å². The Morgan fingerprint density at radius 3 is 2.30 bits per heavy atom. The number of nitrogens with zero attached hydrogens (tertiary/aromatic N) is 1. The molecule has 2 rings (SSSR count). The van der Waals surface area contributed by atoms with Crippen molar-refractivity contribution in [3.05, 3.63) is 29.8 Å². The van der Waals surface area contributed by atoms with E-state index < -0.39 is 5.60 Å². The zero-order chi connectivity index (χ0) is 19.9. The van der Waals surface area contributed by atoms with E-state index in [0.717, 1.165) is 44.5 Å². The largest absolute Gasteiger partial charge is 0.494 e. The van der Waals surface area contributed by atoms with Gasteiger partial charge in [0.25, 0.3) is 0 Å². The highest BCUT2D eigenvalue weighted by Gasteiger charge is 2.26. The second kappa shape index (κ2) is 9.62. The fourth-order valence-corrected chi connectivity index (χ4v) is 3.10. The Labute approximate surface area is 161 Å². The van der Waals surface area contributed by atoms with E-state index in [4.69, 9.17) is 9.47 Å². The number of hydrogen-bond acceptors (Lipinski definition) is 5. The van der Waals surface area contributed by atoms with Gasteiger partial charge in [0.15, 0.2) is 0 Å². The summed E-state index contributed by atoms with van der Waals surface area (Å²) < 4.78 is 15.8. The van der Waals surface area contributed by atoms with E-state index in [1.807, 2.05) is 20.8 Å². The molecule has 1 aliphatic rings. The number of likely N-dealkylation sites (tertiary alicyclic amines) is 1. The van der Waals surface area contributed by atoms with E-state index in [-0.39, 0.29) is 12.1 Å².